The van der Waals surface area contributed by atoms with Gasteiger partial charge < -0.3 is 0 Å². The normalized spacial score (nSPS) is 15.3. The number of nitrogens with zero attached hydrogens (tertiary/aromatic N) is 2. The van der Waals surface area contributed by atoms with Gasteiger partial charge in [0.2, 0.25) is 0 Å². The van der Waals surface area contributed by atoms with Crippen LogP contribution in [-0.4, -0.2) is 15.2 Å². The van der Waals surface area contributed by atoms with E-state index in [1.807, 2.05) is 18.7 Å². The summed E-state index contributed by atoms with van der Waals surface area (Å²) >= 11 is 12.3. The summed E-state index contributed by atoms with van der Waals surface area (Å²) in [4.78, 5) is 0. The third kappa shape index (κ3) is 2.88. The van der Waals surface area contributed by atoms with Crippen molar-refractivity contribution in [3.63, 3.8) is 0 Å². The molecule has 86 valence electrons. The van der Waals surface area contributed by atoms with E-state index >= 15 is 0 Å². The van der Waals surface area contributed by atoms with E-state index in [1.54, 1.807) is 0 Å². The van der Waals surface area contributed by atoms with Gasteiger partial charge in [-0.15, -0.1) is 11.6 Å². The van der Waals surface area contributed by atoms with Crippen LogP contribution in [0.3, 0.4) is 0 Å². The standard InChI is InChI=1S/C11H18Cl2N2/c1-5-9-11(13)10(15(4)14-9)6-7(2)8(3)12/h7-8H,5-6H2,1-4H3. The Balaban J connectivity index is 2.89. The van der Waals surface area contributed by atoms with Crippen molar-refractivity contribution in [1.29, 1.82) is 0 Å². The Hall–Kier alpha value is -0.210. The number of aryl methyl sites for hydroxylation is 2. The maximum Gasteiger partial charge on any atom is 0.0849 e. The van der Waals surface area contributed by atoms with Crippen molar-refractivity contribution < 1.29 is 0 Å². The molecule has 0 N–H and O–H groups in total. The largest absolute Gasteiger partial charge is 0.271 e. The van der Waals surface area contributed by atoms with Crippen molar-refractivity contribution in [3.8, 4) is 0 Å². The summed E-state index contributed by atoms with van der Waals surface area (Å²) in [6, 6.07) is 0. The molecule has 0 fully saturated rings. The maximum atomic E-state index is 6.25. The lowest BCUT2D eigenvalue weighted by atomic mass is 10.0. The van der Waals surface area contributed by atoms with E-state index in [9.17, 15) is 0 Å². The van der Waals surface area contributed by atoms with Gasteiger partial charge >= 0.3 is 0 Å². The molecule has 0 aliphatic rings. The van der Waals surface area contributed by atoms with E-state index in [2.05, 4.69) is 18.9 Å². The van der Waals surface area contributed by atoms with E-state index in [4.69, 9.17) is 23.2 Å². The monoisotopic (exact) mass is 248 g/mol. The number of hydrogen-bond donors (Lipinski definition) is 0. The van der Waals surface area contributed by atoms with E-state index in [-0.39, 0.29) is 5.38 Å². The molecule has 1 aromatic heterocycles. The smallest absolute Gasteiger partial charge is 0.0849 e. The molecule has 0 aliphatic heterocycles. The van der Waals surface area contributed by atoms with Crippen LogP contribution >= 0.6 is 23.2 Å². The van der Waals surface area contributed by atoms with E-state index in [1.165, 1.54) is 0 Å². The van der Waals surface area contributed by atoms with Crippen molar-refractivity contribution >= 4 is 23.2 Å². The van der Waals surface area contributed by atoms with Crippen LogP contribution in [0.1, 0.15) is 32.2 Å². The second-order valence-electron chi connectivity index (χ2n) is 4.04. The molecule has 0 saturated carbocycles. The molecule has 0 saturated heterocycles. The molecule has 1 heterocycles. The summed E-state index contributed by atoms with van der Waals surface area (Å²) in [6.45, 7) is 6.20. The lowest BCUT2D eigenvalue weighted by Gasteiger charge is -2.13. The predicted molar refractivity (Wildman–Crippen MR) is 65.8 cm³/mol. The first-order chi connectivity index (χ1) is 6.97. The molecule has 0 amide bonds. The van der Waals surface area contributed by atoms with Crippen molar-refractivity contribution in [2.24, 2.45) is 13.0 Å². The van der Waals surface area contributed by atoms with Gasteiger partial charge in [-0.3, -0.25) is 4.68 Å². The minimum absolute atomic E-state index is 0.154. The van der Waals surface area contributed by atoms with Crippen molar-refractivity contribution in [2.75, 3.05) is 0 Å². The third-order valence-corrected chi connectivity index (χ3v) is 3.67. The van der Waals surface area contributed by atoms with Gasteiger partial charge in [-0.05, 0) is 25.7 Å². The van der Waals surface area contributed by atoms with Gasteiger partial charge in [-0.25, -0.2) is 0 Å². The van der Waals surface area contributed by atoms with Gasteiger partial charge in [0.05, 0.1) is 16.4 Å². The van der Waals surface area contributed by atoms with Crippen LogP contribution in [0.2, 0.25) is 5.02 Å². The van der Waals surface area contributed by atoms with Gasteiger partial charge in [0.15, 0.2) is 0 Å². The number of rotatable bonds is 4. The van der Waals surface area contributed by atoms with Gasteiger partial charge in [-0.1, -0.05) is 25.4 Å². The highest BCUT2D eigenvalue weighted by Crippen LogP contribution is 2.25. The van der Waals surface area contributed by atoms with Crippen molar-refractivity contribution in [2.45, 2.75) is 39.0 Å². The molecule has 2 atom stereocenters. The topological polar surface area (TPSA) is 17.8 Å². The molecule has 1 aromatic rings. The second kappa shape index (κ2) is 5.22. The van der Waals surface area contributed by atoms with Crippen LogP contribution in [0.5, 0.6) is 0 Å². The van der Waals surface area contributed by atoms with Gasteiger partial charge in [0.1, 0.15) is 0 Å². The summed E-state index contributed by atoms with van der Waals surface area (Å²) < 4.78 is 1.87. The highest BCUT2D eigenvalue weighted by molar-refractivity contribution is 6.31. The van der Waals surface area contributed by atoms with Crippen molar-refractivity contribution in [1.82, 2.24) is 9.78 Å². The zero-order valence-electron chi connectivity index (χ0n) is 9.72. The summed E-state index contributed by atoms with van der Waals surface area (Å²) in [5, 5.41) is 5.35. The fraction of sp³-hybridized carbons (Fsp3) is 0.727. The molecule has 2 nitrogen and oxygen atoms in total. The summed E-state index contributed by atoms with van der Waals surface area (Å²) in [7, 11) is 1.94. The van der Waals surface area contributed by atoms with Gasteiger partial charge in [0, 0.05) is 12.4 Å². The fourth-order valence-corrected chi connectivity index (χ4v) is 1.97. The molecule has 4 heteroatoms. The Kier molecular flexibility index (Phi) is 4.47. The van der Waals surface area contributed by atoms with Gasteiger partial charge in [0.25, 0.3) is 0 Å². The Bertz CT molecular complexity index is 332. The SMILES string of the molecule is CCc1nn(C)c(CC(C)C(C)Cl)c1Cl. The molecule has 0 aromatic carbocycles. The zero-order valence-corrected chi connectivity index (χ0v) is 11.2. The van der Waals surface area contributed by atoms with Crippen LogP contribution in [0, 0.1) is 5.92 Å². The quantitative estimate of drug-likeness (QED) is 0.747. The van der Waals surface area contributed by atoms with Gasteiger partial charge in [-0.2, -0.15) is 5.10 Å². The average molecular weight is 249 g/mol. The Morgan fingerprint density at radius 2 is 2.00 bits per heavy atom. The number of alkyl halides is 1. The second-order valence-corrected chi connectivity index (χ2v) is 5.11. The minimum Gasteiger partial charge on any atom is -0.271 e. The first-order valence-electron chi connectivity index (χ1n) is 5.31. The van der Waals surface area contributed by atoms with Crippen LogP contribution < -0.4 is 0 Å². The van der Waals surface area contributed by atoms with E-state index in [0.717, 1.165) is 29.3 Å². The highest BCUT2D eigenvalue weighted by Gasteiger charge is 2.17. The molecule has 15 heavy (non-hydrogen) atoms. The lowest BCUT2D eigenvalue weighted by molar-refractivity contribution is 0.539. The average Bonchev–Trinajstić information content (AvgIpc) is 2.44. The number of halogens is 2. The summed E-state index contributed by atoms with van der Waals surface area (Å²) in [6.07, 6.45) is 1.75. The molecule has 0 spiro atoms. The Morgan fingerprint density at radius 3 is 2.40 bits per heavy atom. The maximum absolute atomic E-state index is 6.25. The first kappa shape index (κ1) is 12.9. The Morgan fingerprint density at radius 1 is 1.40 bits per heavy atom. The molecule has 2 unspecified atom stereocenters. The molecular formula is C11H18Cl2N2. The van der Waals surface area contributed by atoms with E-state index < -0.39 is 0 Å². The first-order valence-corrected chi connectivity index (χ1v) is 6.13. The third-order valence-electron chi connectivity index (χ3n) is 2.80. The van der Waals surface area contributed by atoms with Crippen LogP contribution in [-0.2, 0) is 19.9 Å². The lowest BCUT2D eigenvalue weighted by Crippen LogP contribution is -2.13. The predicted octanol–water partition coefficient (Wildman–Crippen LogP) is 3.44. The molecule has 1 rings (SSSR count). The summed E-state index contributed by atoms with van der Waals surface area (Å²) in [5.41, 5.74) is 2.07. The highest BCUT2D eigenvalue weighted by atomic mass is 35.5. The van der Waals surface area contributed by atoms with Crippen LogP contribution in [0.4, 0.5) is 0 Å². The minimum atomic E-state index is 0.154. The fourth-order valence-electron chi connectivity index (χ4n) is 1.51. The number of hydrogen-bond acceptors (Lipinski definition) is 1. The molecule has 0 radical (unpaired) electrons. The Labute approximate surface area is 102 Å². The van der Waals surface area contributed by atoms with Crippen molar-refractivity contribution in [3.05, 3.63) is 16.4 Å². The van der Waals surface area contributed by atoms with Crippen LogP contribution in [0.15, 0.2) is 0 Å². The zero-order chi connectivity index (χ0) is 11.6. The molecule has 0 bridgehead atoms. The summed E-state index contributed by atoms with van der Waals surface area (Å²) in [5.74, 6) is 0.407. The van der Waals surface area contributed by atoms with Crippen LogP contribution in [0.25, 0.3) is 0 Å². The van der Waals surface area contributed by atoms with E-state index in [0.29, 0.717) is 5.92 Å². The molecule has 0 aliphatic carbocycles. The molecular weight excluding hydrogens is 231 g/mol. The number of aromatic nitrogens is 2.